The lowest BCUT2D eigenvalue weighted by atomic mass is 10.1. The van der Waals surface area contributed by atoms with Crippen molar-refractivity contribution < 1.29 is 14.3 Å². The number of ether oxygens (including phenoxy) is 2. The van der Waals surface area contributed by atoms with E-state index in [1.165, 1.54) is 11.8 Å². The molecule has 1 saturated heterocycles. The largest absolute Gasteiger partial charge is 0.383 e. The van der Waals surface area contributed by atoms with Gasteiger partial charge in [-0.25, -0.2) is 4.98 Å². The first-order valence-electron chi connectivity index (χ1n) is 10.7. The molecule has 8 heteroatoms. The monoisotopic (exact) mass is 453 g/mol. The Bertz CT molecular complexity index is 1130. The highest BCUT2D eigenvalue weighted by Gasteiger charge is 2.30. The van der Waals surface area contributed by atoms with E-state index in [9.17, 15) is 9.59 Å². The van der Waals surface area contributed by atoms with E-state index in [0.29, 0.717) is 49.0 Å². The summed E-state index contributed by atoms with van der Waals surface area (Å²) in [6, 6.07) is 16.7. The first-order valence-corrected chi connectivity index (χ1v) is 11.6. The summed E-state index contributed by atoms with van der Waals surface area (Å²) in [5.41, 5.74) is 1.36. The Labute approximate surface area is 191 Å². The molecule has 0 radical (unpaired) electrons. The van der Waals surface area contributed by atoms with Gasteiger partial charge in [-0.2, -0.15) is 0 Å². The number of thioether (sulfide) groups is 1. The first kappa shape index (κ1) is 22.5. The quantitative estimate of drug-likeness (QED) is 0.404. The van der Waals surface area contributed by atoms with Gasteiger partial charge < -0.3 is 14.4 Å². The van der Waals surface area contributed by atoms with Crippen molar-refractivity contribution in [3.63, 3.8) is 0 Å². The molecule has 2 atom stereocenters. The third-order valence-electron chi connectivity index (χ3n) is 5.50. The van der Waals surface area contributed by atoms with E-state index >= 15 is 0 Å². The molecule has 4 rings (SSSR count). The van der Waals surface area contributed by atoms with Crippen LogP contribution in [0.2, 0.25) is 0 Å². The van der Waals surface area contributed by atoms with Crippen molar-refractivity contribution in [1.29, 1.82) is 0 Å². The van der Waals surface area contributed by atoms with Crippen LogP contribution in [0, 0.1) is 0 Å². The van der Waals surface area contributed by atoms with E-state index in [0.717, 1.165) is 5.56 Å². The lowest BCUT2D eigenvalue weighted by Gasteiger charge is -2.30. The van der Waals surface area contributed by atoms with Gasteiger partial charge in [0.15, 0.2) is 5.16 Å². The molecule has 2 heterocycles. The smallest absolute Gasteiger partial charge is 0.262 e. The molecule has 0 unspecified atom stereocenters. The van der Waals surface area contributed by atoms with Gasteiger partial charge in [0.05, 0.1) is 36.8 Å². The maximum absolute atomic E-state index is 13.6. The summed E-state index contributed by atoms with van der Waals surface area (Å²) in [4.78, 5) is 33.6. The molecule has 32 heavy (non-hydrogen) atoms. The minimum Gasteiger partial charge on any atom is -0.383 e. The second-order valence-corrected chi connectivity index (χ2v) is 8.81. The van der Waals surface area contributed by atoms with Crippen molar-refractivity contribution in [2.75, 3.05) is 40.0 Å². The number of carbonyl (C=O) groups excluding carboxylic acids is 1. The highest BCUT2D eigenvalue weighted by molar-refractivity contribution is 8.00. The molecule has 7 nitrogen and oxygen atoms in total. The van der Waals surface area contributed by atoms with Crippen LogP contribution in [-0.2, 0) is 14.3 Å². The molecule has 0 aliphatic carbocycles. The Morgan fingerprint density at radius 3 is 2.53 bits per heavy atom. The van der Waals surface area contributed by atoms with E-state index in [2.05, 4.69) is 0 Å². The van der Waals surface area contributed by atoms with E-state index in [1.807, 2.05) is 60.4 Å². The van der Waals surface area contributed by atoms with Crippen LogP contribution >= 0.6 is 11.8 Å². The number of fused-ring (bicyclic) bond motifs is 1. The minimum absolute atomic E-state index is 0.00199. The SMILES string of the molecule is COC[C@H](C)n1c(S[C@H](C(=O)N2CCOCC2)c2ccccc2)nc2ccccc2c1=O. The van der Waals surface area contributed by atoms with Crippen molar-refractivity contribution in [3.8, 4) is 0 Å². The zero-order valence-corrected chi connectivity index (χ0v) is 19.1. The fourth-order valence-corrected chi connectivity index (χ4v) is 5.14. The minimum atomic E-state index is -0.525. The Morgan fingerprint density at radius 2 is 1.81 bits per heavy atom. The number of aromatic nitrogens is 2. The zero-order chi connectivity index (χ0) is 22.5. The zero-order valence-electron chi connectivity index (χ0n) is 18.3. The van der Waals surface area contributed by atoms with Gasteiger partial charge in [-0.1, -0.05) is 54.2 Å². The van der Waals surface area contributed by atoms with E-state index in [4.69, 9.17) is 14.5 Å². The number of benzene rings is 2. The van der Waals surface area contributed by atoms with Gasteiger partial charge in [0, 0.05) is 20.2 Å². The van der Waals surface area contributed by atoms with Gasteiger partial charge in [0.2, 0.25) is 5.91 Å². The number of hydrogen-bond acceptors (Lipinski definition) is 6. The average molecular weight is 454 g/mol. The number of morpholine rings is 1. The molecule has 0 saturated carbocycles. The van der Waals surface area contributed by atoms with Gasteiger partial charge in [0.25, 0.3) is 5.56 Å². The molecule has 3 aromatic rings. The third-order valence-corrected chi connectivity index (χ3v) is 6.71. The van der Waals surface area contributed by atoms with Crippen LogP contribution < -0.4 is 5.56 Å². The normalized spacial score (nSPS) is 16.1. The van der Waals surface area contributed by atoms with Crippen molar-refractivity contribution in [3.05, 3.63) is 70.5 Å². The number of hydrogen-bond donors (Lipinski definition) is 0. The molecule has 2 aromatic carbocycles. The number of rotatable bonds is 7. The van der Waals surface area contributed by atoms with Crippen LogP contribution in [0.25, 0.3) is 10.9 Å². The molecule has 168 valence electrons. The summed E-state index contributed by atoms with van der Waals surface area (Å²) >= 11 is 1.32. The summed E-state index contributed by atoms with van der Waals surface area (Å²) in [5.74, 6) is -0.00199. The summed E-state index contributed by atoms with van der Waals surface area (Å²) in [7, 11) is 1.61. The highest BCUT2D eigenvalue weighted by atomic mass is 32.2. The van der Waals surface area contributed by atoms with Crippen LogP contribution in [0.3, 0.4) is 0 Å². The van der Waals surface area contributed by atoms with Gasteiger partial charge in [-0.3, -0.25) is 14.2 Å². The lowest BCUT2D eigenvalue weighted by molar-refractivity contribution is -0.134. The Morgan fingerprint density at radius 1 is 1.12 bits per heavy atom. The second-order valence-electron chi connectivity index (χ2n) is 7.74. The predicted octanol–water partition coefficient (Wildman–Crippen LogP) is 3.30. The van der Waals surface area contributed by atoms with Gasteiger partial charge in [-0.05, 0) is 24.6 Å². The Balaban J connectivity index is 1.80. The third kappa shape index (κ3) is 4.72. The molecular weight excluding hydrogens is 426 g/mol. The molecule has 0 spiro atoms. The average Bonchev–Trinajstić information content (AvgIpc) is 2.83. The first-order chi connectivity index (χ1) is 15.6. The van der Waals surface area contributed by atoms with Crippen molar-refractivity contribution >= 4 is 28.6 Å². The standard InChI is InChI=1S/C24H27N3O4S/c1-17(16-30-2)27-22(28)19-10-6-7-11-20(19)25-24(27)32-21(18-8-4-3-5-9-18)23(29)26-12-14-31-15-13-26/h3-11,17,21H,12-16H2,1-2H3/t17-,21-/m0/s1. The Hall–Kier alpha value is -2.68. The summed E-state index contributed by atoms with van der Waals surface area (Å²) in [6.45, 7) is 4.46. The fraction of sp³-hybridized carbons (Fsp3) is 0.375. The molecule has 1 fully saturated rings. The van der Waals surface area contributed by atoms with Crippen LogP contribution in [0.1, 0.15) is 23.8 Å². The molecule has 1 aliphatic rings. The summed E-state index contributed by atoms with van der Waals surface area (Å²) in [6.07, 6.45) is 0. The van der Waals surface area contributed by atoms with Crippen LogP contribution in [0.15, 0.2) is 64.5 Å². The topological polar surface area (TPSA) is 73.7 Å². The van der Waals surface area contributed by atoms with E-state index in [-0.39, 0.29) is 17.5 Å². The number of para-hydroxylation sites is 1. The number of amides is 1. The van der Waals surface area contributed by atoms with E-state index < -0.39 is 5.25 Å². The predicted molar refractivity (Wildman–Crippen MR) is 125 cm³/mol. The van der Waals surface area contributed by atoms with Crippen molar-refractivity contribution in [2.24, 2.45) is 0 Å². The van der Waals surface area contributed by atoms with Crippen LogP contribution in [0.4, 0.5) is 0 Å². The van der Waals surface area contributed by atoms with Gasteiger partial charge in [0.1, 0.15) is 5.25 Å². The molecule has 0 bridgehead atoms. The second kappa shape index (κ2) is 10.3. The maximum atomic E-state index is 13.6. The fourth-order valence-electron chi connectivity index (χ4n) is 3.86. The van der Waals surface area contributed by atoms with Gasteiger partial charge >= 0.3 is 0 Å². The van der Waals surface area contributed by atoms with Crippen LogP contribution in [0.5, 0.6) is 0 Å². The highest BCUT2D eigenvalue weighted by Crippen LogP contribution is 2.37. The number of nitrogens with zero attached hydrogens (tertiary/aromatic N) is 3. The molecular formula is C24H27N3O4S. The summed E-state index contributed by atoms with van der Waals surface area (Å²) < 4.78 is 12.4. The lowest BCUT2D eigenvalue weighted by Crippen LogP contribution is -2.42. The number of carbonyl (C=O) groups is 1. The summed E-state index contributed by atoms with van der Waals surface area (Å²) in [5, 5.41) is 0.535. The van der Waals surface area contributed by atoms with E-state index in [1.54, 1.807) is 17.7 Å². The molecule has 1 amide bonds. The molecule has 1 aromatic heterocycles. The Kier molecular flexibility index (Phi) is 7.24. The van der Waals surface area contributed by atoms with Crippen molar-refractivity contribution in [1.82, 2.24) is 14.5 Å². The van der Waals surface area contributed by atoms with Gasteiger partial charge in [-0.15, -0.1) is 0 Å². The number of methoxy groups -OCH3 is 1. The van der Waals surface area contributed by atoms with Crippen molar-refractivity contribution in [2.45, 2.75) is 23.4 Å². The van der Waals surface area contributed by atoms with Crippen LogP contribution in [-0.4, -0.2) is 60.4 Å². The molecule has 1 aliphatic heterocycles. The maximum Gasteiger partial charge on any atom is 0.262 e. The molecule has 0 N–H and O–H groups in total.